The van der Waals surface area contributed by atoms with E-state index in [-0.39, 0.29) is 12.3 Å². The number of halogens is 1. The van der Waals surface area contributed by atoms with Gasteiger partial charge in [-0.1, -0.05) is 30.3 Å². The van der Waals surface area contributed by atoms with E-state index in [0.29, 0.717) is 0 Å². The molecular formula is C11H13ClN2O3. The predicted molar refractivity (Wildman–Crippen MR) is 63.6 cm³/mol. The number of carboxylic acid groups (broad SMARTS) is 1. The molecule has 0 fully saturated rings. The van der Waals surface area contributed by atoms with Crippen molar-refractivity contribution in [3.8, 4) is 0 Å². The van der Waals surface area contributed by atoms with Crippen LogP contribution in [0.25, 0.3) is 0 Å². The van der Waals surface area contributed by atoms with Gasteiger partial charge in [0.25, 0.3) is 0 Å². The average Bonchev–Trinajstić information content (AvgIpc) is 2.34. The van der Waals surface area contributed by atoms with Crippen LogP contribution in [0.15, 0.2) is 30.3 Å². The molecule has 1 unspecified atom stereocenters. The van der Waals surface area contributed by atoms with Gasteiger partial charge < -0.3 is 5.11 Å². The van der Waals surface area contributed by atoms with E-state index in [1.807, 2.05) is 30.3 Å². The number of amides is 1. The minimum absolute atomic E-state index is 0.218. The molecule has 0 aromatic heterocycles. The van der Waals surface area contributed by atoms with Crippen molar-refractivity contribution in [1.82, 2.24) is 10.9 Å². The normalized spacial score (nSPS) is 11.8. The first-order chi connectivity index (χ1) is 8.13. The Morgan fingerprint density at radius 3 is 2.47 bits per heavy atom. The Kier molecular flexibility index (Phi) is 5.45. The van der Waals surface area contributed by atoms with Gasteiger partial charge in [-0.15, -0.1) is 11.6 Å². The number of benzene rings is 1. The molecule has 0 bridgehead atoms. The molecule has 1 amide bonds. The van der Waals surface area contributed by atoms with Crippen molar-refractivity contribution in [2.24, 2.45) is 0 Å². The Labute approximate surface area is 104 Å². The lowest BCUT2D eigenvalue weighted by Crippen LogP contribution is -2.49. The molecule has 0 saturated carbocycles. The molecule has 92 valence electrons. The van der Waals surface area contributed by atoms with E-state index in [1.165, 1.54) is 0 Å². The van der Waals surface area contributed by atoms with Crippen LogP contribution in [0.1, 0.15) is 5.56 Å². The first-order valence-corrected chi connectivity index (χ1v) is 5.54. The number of carbonyl (C=O) groups is 2. The summed E-state index contributed by atoms with van der Waals surface area (Å²) in [4.78, 5) is 21.9. The summed E-state index contributed by atoms with van der Waals surface area (Å²) in [6, 6.07) is 8.26. The monoisotopic (exact) mass is 256 g/mol. The molecule has 0 radical (unpaired) electrons. The number of alkyl halides is 1. The predicted octanol–water partition coefficient (Wildman–Crippen LogP) is 0.542. The second-order valence-electron chi connectivity index (χ2n) is 3.41. The van der Waals surface area contributed by atoms with E-state index >= 15 is 0 Å². The van der Waals surface area contributed by atoms with Gasteiger partial charge in [-0.2, -0.15) is 0 Å². The van der Waals surface area contributed by atoms with Crippen LogP contribution in [-0.2, 0) is 16.0 Å². The van der Waals surface area contributed by atoms with E-state index in [2.05, 4.69) is 10.9 Å². The Morgan fingerprint density at radius 2 is 1.94 bits per heavy atom. The van der Waals surface area contributed by atoms with Gasteiger partial charge in [0.1, 0.15) is 11.9 Å². The summed E-state index contributed by atoms with van der Waals surface area (Å²) in [6.07, 6.45) is 0.277. The summed E-state index contributed by atoms with van der Waals surface area (Å²) in [5, 5.41) is 8.97. The lowest BCUT2D eigenvalue weighted by atomic mass is 10.1. The standard InChI is InChI=1S/C11H13ClN2O3/c12-7-10(15)14-13-9(11(16)17)6-8-4-2-1-3-5-8/h1-5,9,13H,6-7H2,(H,14,15)(H,16,17). The topological polar surface area (TPSA) is 78.4 Å². The molecule has 1 aromatic rings. The summed E-state index contributed by atoms with van der Waals surface area (Å²) in [6.45, 7) is 0. The zero-order chi connectivity index (χ0) is 12.7. The quantitative estimate of drug-likeness (QED) is 0.513. The van der Waals surface area contributed by atoms with Gasteiger partial charge in [0.15, 0.2) is 0 Å². The summed E-state index contributed by atoms with van der Waals surface area (Å²) in [5.41, 5.74) is 5.54. The SMILES string of the molecule is O=C(CCl)NNC(Cc1ccccc1)C(=O)O. The lowest BCUT2D eigenvalue weighted by Gasteiger charge is -2.14. The minimum Gasteiger partial charge on any atom is -0.480 e. The fourth-order valence-electron chi connectivity index (χ4n) is 1.25. The fraction of sp³-hybridized carbons (Fsp3) is 0.273. The smallest absolute Gasteiger partial charge is 0.322 e. The number of hydrazine groups is 1. The highest BCUT2D eigenvalue weighted by Gasteiger charge is 2.17. The highest BCUT2D eigenvalue weighted by molar-refractivity contribution is 6.27. The molecule has 1 aromatic carbocycles. The van der Waals surface area contributed by atoms with E-state index in [0.717, 1.165) is 5.56 Å². The van der Waals surface area contributed by atoms with Crippen molar-refractivity contribution < 1.29 is 14.7 Å². The van der Waals surface area contributed by atoms with Crippen molar-refractivity contribution in [3.63, 3.8) is 0 Å². The number of rotatable bonds is 6. The van der Waals surface area contributed by atoms with Crippen molar-refractivity contribution in [2.75, 3.05) is 5.88 Å². The molecule has 0 aliphatic heterocycles. The Balaban J connectivity index is 2.55. The number of carbonyl (C=O) groups excluding carboxylic acids is 1. The lowest BCUT2D eigenvalue weighted by molar-refractivity contribution is -0.140. The van der Waals surface area contributed by atoms with Crippen LogP contribution in [0.4, 0.5) is 0 Å². The first kappa shape index (κ1) is 13.5. The molecule has 6 heteroatoms. The molecule has 1 atom stereocenters. The first-order valence-electron chi connectivity index (χ1n) is 5.00. The largest absolute Gasteiger partial charge is 0.480 e. The molecule has 17 heavy (non-hydrogen) atoms. The molecule has 1 rings (SSSR count). The third-order valence-corrected chi connectivity index (χ3v) is 2.33. The van der Waals surface area contributed by atoms with E-state index in [4.69, 9.17) is 16.7 Å². The number of nitrogens with one attached hydrogen (secondary N) is 2. The highest BCUT2D eigenvalue weighted by Crippen LogP contribution is 2.02. The van der Waals surface area contributed by atoms with Crippen molar-refractivity contribution in [2.45, 2.75) is 12.5 Å². The van der Waals surface area contributed by atoms with Gasteiger partial charge in [-0.25, -0.2) is 5.43 Å². The number of hydrogen-bond donors (Lipinski definition) is 3. The van der Waals surface area contributed by atoms with E-state index in [9.17, 15) is 9.59 Å². The van der Waals surface area contributed by atoms with E-state index in [1.54, 1.807) is 0 Å². The van der Waals surface area contributed by atoms with Crippen molar-refractivity contribution in [3.05, 3.63) is 35.9 Å². The minimum atomic E-state index is -1.04. The molecule has 5 nitrogen and oxygen atoms in total. The third kappa shape index (κ3) is 4.84. The molecule has 0 heterocycles. The van der Waals surface area contributed by atoms with Gasteiger partial charge >= 0.3 is 5.97 Å². The van der Waals surface area contributed by atoms with Gasteiger partial charge in [0.05, 0.1) is 0 Å². The maximum Gasteiger partial charge on any atom is 0.322 e. The Bertz CT molecular complexity index is 384. The number of aliphatic carboxylic acids is 1. The van der Waals surface area contributed by atoms with Crippen LogP contribution in [-0.4, -0.2) is 28.9 Å². The van der Waals surface area contributed by atoms with Gasteiger partial charge in [-0.3, -0.25) is 15.0 Å². The highest BCUT2D eigenvalue weighted by atomic mass is 35.5. The van der Waals surface area contributed by atoms with Crippen molar-refractivity contribution >= 4 is 23.5 Å². The van der Waals surface area contributed by atoms with Crippen LogP contribution in [0, 0.1) is 0 Å². The van der Waals surface area contributed by atoms with Crippen molar-refractivity contribution in [1.29, 1.82) is 0 Å². The number of carboxylic acids is 1. The molecule has 3 N–H and O–H groups in total. The summed E-state index contributed by atoms with van der Waals surface area (Å²) in [5.74, 6) is -1.72. The van der Waals surface area contributed by atoms with Crippen LogP contribution in [0.3, 0.4) is 0 Å². The molecule has 0 spiro atoms. The van der Waals surface area contributed by atoms with Crippen LogP contribution >= 0.6 is 11.6 Å². The molecule has 0 saturated heterocycles. The summed E-state index contributed by atoms with van der Waals surface area (Å²) in [7, 11) is 0. The van der Waals surface area contributed by atoms with Gasteiger partial charge in [0.2, 0.25) is 5.91 Å². The van der Waals surface area contributed by atoms with Crippen LogP contribution in [0.5, 0.6) is 0 Å². The van der Waals surface area contributed by atoms with Gasteiger partial charge in [-0.05, 0) is 5.56 Å². The zero-order valence-electron chi connectivity index (χ0n) is 9.02. The molecular weight excluding hydrogens is 244 g/mol. The zero-order valence-corrected chi connectivity index (χ0v) is 9.78. The summed E-state index contributed by atoms with van der Waals surface area (Å²) < 4.78 is 0. The maximum atomic E-state index is 11.0. The second-order valence-corrected chi connectivity index (χ2v) is 3.67. The molecule has 0 aliphatic carbocycles. The van der Waals surface area contributed by atoms with Crippen LogP contribution in [0.2, 0.25) is 0 Å². The van der Waals surface area contributed by atoms with E-state index < -0.39 is 17.9 Å². The van der Waals surface area contributed by atoms with Crippen LogP contribution < -0.4 is 10.9 Å². The maximum absolute atomic E-state index is 11.0. The third-order valence-electron chi connectivity index (χ3n) is 2.09. The number of hydrogen-bond acceptors (Lipinski definition) is 3. The molecule has 0 aliphatic rings. The Morgan fingerprint density at radius 1 is 1.29 bits per heavy atom. The van der Waals surface area contributed by atoms with Gasteiger partial charge in [0, 0.05) is 6.42 Å². The second kappa shape index (κ2) is 6.88. The fourth-order valence-corrected chi connectivity index (χ4v) is 1.32. The summed E-state index contributed by atoms with van der Waals surface area (Å²) >= 11 is 5.28. The average molecular weight is 257 g/mol. The Hall–Kier alpha value is -1.59.